The van der Waals surface area contributed by atoms with E-state index in [0.29, 0.717) is 0 Å². The second-order valence-corrected chi connectivity index (χ2v) is 3.24. The van der Waals surface area contributed by atoms with Crippen LogP contribution in [0.5, 0.6) is 0 Å². The number of anilines is 1. The van der Waals surface area contributed by atoms with Crippen LogP contribution < -0.4 is 5.32 Å². The third kappa shape index (κ3) is 3.11. The van der Waals surface area contributed by atoms with E-state index in [1.807, 2.05) is 31.2 Å². The Bertz CT molecular complexity index is 305. The van der Waals surface area contributed by atoms with Crippen molar-refractivity contribution in [3.8, 4) is 0 Å². The van der Waals surface area contributed by atoms with Crippen molar-refractivity contribution in [2.45, 2.75) is 20.3 Å². The fraction of sp³-hybridized carbons (Fsp3) is 0.273. The van der Waals surface area contributed by atoms with Crippen LogP contribution in [0.1, 0.15) is 20.3 Å². The summed E-state index contributed by atoms with van der Waals surface area (Å²) in [6.45, 7) is 4.14. The van der Waals surface area contributed by atoms with Gasteiger partial charge in [0.25, 0.3) is 0 Å². The number of nitrogens with one attached hydrogen (secondary N) is 1. The van der Waals surface area contributed by atoms with Crippen molar-refractivity contribution in [2.24, 2.45) is 0 Å². The summed E-state index contributed by atoms with van der Waals surface area (Å²) in [5, 5.41) is 4.06. The summed E-state index contributed by atoms with van der Waals surface area (Å²) in [5.41, 5.74) is 2.25. The standard InChI is InChI=1S/C11H14ClN/c1-3-10(4-2)13-11-7-5-6-9(12)8-11/h3,5-8,13H,4H2,1-2H3. The summed E-state index contributed by atoms with van der Waals surface area (Å²) in [4.78, 5) is 0. The molecule has 0 fully saturated rings. The molecule has 0 unspecified atom stereocenters. The average molecular weight is 196 g/mol. The Labute approximate surface area is 84.4 Å². The molecular formula is C11H14ClN. The Morgan fingerprint density at radius 3 is 2.85 bits per heavy atom. The molecule has 0 radical (unpaired) electrons. The maximum Gasteiger partial charge on any atom is 0.0426 e. The van der Waals surface area contributed by atoms with Gasteiger partial charge in [0, 0.05) is 16.4 Å². The van der Waals surface area contributed by atoms with Crippen LogP contribution in [-0.2, 0) is 0 Å². The molecule has 0 amide bonds. The first-order chi connectivity index (χ1) is 6.26. The average Bonchev–Trinajstić information content (AvgIpc) is 2.14. The summed E-state index contributed by atoms with van der Waals surface area (Å²) >= 11 is 5.86. The Kier molecular flexibility index (Phi) is 3.84. The van der Waals surface area contributed by atoms with Gasteiger partial charge in [-0.2, -0.15) is 0 Å². The van der Waals surface area contributed by atoms with Crippen molar-refractivity contribution in [3.63, 3.8) is 0 Å². The summed E-state index contributed by atoms with van der Waals surface area (Å²) in [7, 11) is 0. The molecule has 1 N–H and O–H groups in total. The third-order valence-electron chi connectivity index (χ3n) is 1.86. The first-order valence-electron chi connectivity index (χ1n) is 4.44. The molecule has 0 bridgehead atoms. The quantitative estimate of drug-likeness (QED) is 0.767. The predicted octanol–water partition coefficient (Wildman–Crippen LogP) is 4.07. The van der Waals surface area contributed by atoms with E-state index in [1.165, 1.54) is 5.70 Å². The molecule has 0 atom stereocenters. The number of benzene rings is 1. The van der Waals surface area contributed by atoms with Crippen LogP contribution in [-0.4, -0.2) is 0 Å². The lowest BCUT2D eigenvalue weighted by Crippen LogP contribution is -1.97. The minimum atomic E-state index is 0.761. The number of rotatable bonds is 3. The normalized spacial score (nSPS) is 11.5. The van der Waals surface area contributed by atoms with Crippen molar-refractivity contribution < 1.29 is 0 Å². The van der Waals surface area contributed by atoms with E-state index < -0.39 is 0 Å². The highest BCUT2D eigenvalue weighted by Gasteiger charge is 1.94. The Balaban J connectivity index is 2.74. The highest BCUT2D eigenvalue weighted by molar-refractivity contribution is 6.30. The number of allylic oxidation sites excluding steroid dienone is 2. The van der Waals surface area contributed by atoms with Gasteiger partial charge in [0.05, 0.1) is 0 Å². The van der Waals surface area contributed by atoms with Gasteiger partial charge in [0.15, 0.2) is 0 Å². The van der Waals surface area contributed by atoms with Gasteiger partial charge in [-0.25, -0.2) is 0 Å². The van der Waals surface area contributed by atoms with Crippen molar-refractivity contribution >= 4 is 17.3 Å². The second kappa shape index (κ2) is 4.93. The van der Waals surface area contributed by atoms with Crippen LogP contribution in [0.25, 0.3) is 0 Å². The van der Waals surface area contributed by atoms with Crippen LogP contribution in [0.15, 0.2) is 36.0 Å². The zero-order valence-corrected chi connectivity index (χ0v) is 8.73. The van der Waals surface area contributed by atoms with Crippen LogP contribution in [0, 0.1) is 0 Å². The molecule has 0 aliphatic rings. The van der Waals surface area contributed by atoms with Crippen molar-refractivity contribution in [1.29, 1.82) is 0 Å². The number of halogens is 1. The van der Waals surface area contributed by atoms with Gasteiger partial charge in [-0.05, 0) is 31.5 Å². The summed E-state index contributed by atoms with van der Waals surface area (Å²) < 4.78 is 0. The van der Waals surface area contributed by atoms with Crippen LogP contribution in [0.4, 0.5) is 5.69 Å². The van der Waals surface area contributed by atoms with E-state index >= 15 is 0 Å². The van der Waals surface area contributed by atoms with E-state index in [2.05, 4.69) is 18.3 Å². The van der Waals surface area contributed by atoms with Crippen LogP contribution in [0.2, 0.25) is 5.02 Å². The molecule has 1 aromatic carbocycles. The second-order valence-electron chi connectivity index (χ2n) is 2.80. The summed E-state index contributed by atoms with van der Waals surface area (Å²) in [6.07, 6.45) is 3.07. The van der Waals surface area contributed by atoms with Crippen molar-refractivity contribution in [2.75, 3.05) is 5.32 Å². The highest BCUT2D eigenvalue weighted by Crippen LogP contribution is 2.17. The molecule has 0 spiro atoms. The fourth-order valence-electron chi connectivity index (χ4n) is 1.12. The topological polar surface area (TPSA) is 12.0 Å². The lowest BCUT2D eigenvalue weighted by atomic mass is 10.2. The third-order valence-corrected chi connectivity index (χ3v) is 2.09. The van der Waals surface area contributed by atoms with E-state index in [-0.39, 0.29) is 0 Å². The van der Waals surface area contributed by atoms with Crippen molar-refractivity contribution in [1.82, 2.24) is 0 Å². The molecule has 13 heavy (non-hydrogen) atoms. The van der Waals surface area contributed by atoms with E-state index in [1.54, 1.807) is 0 Å². The molecular weight excluding hydrogens is 182 g/mol. The van der Waals surface area contributed by atoms with E-state index in [4.69, 9.17) is 11.6 Å². The molecule has 0 heterocycles. The lowest BCUT2D eigenvalue weighted by molar-refractivity contribution is 1.10. The monoisotopic (exact) mass is 195 g/mol. The van der Waals surface area contributed by atoms with E-state index in [9.17, 15) is 0 Å². The molecule has 1 rings (SSSR count). The molecule has 1 aromatic rings. The molecule has 2 heteroatoms. The minimum absolute atomic E-state index is 0.761. The van der Waals surface area contributed by atoms with Gasteiger partial charge in [0.1, 0.15) is 0 Å². The van der Waals surface area contributed by atoms with Gasteiger partial charge in [-0.15, -0.1) is 0 Å². The molecule has 0 aliphatic heterocycles. The van der Waals surface area contributed by atoms with Gasteiger partial charge < -0.3 is 5.32 Å². The van der Waals surface area contributed by atoms with Crippen LogP contribution >= 0.6 is 11.6 Å². The largest absolute Gasteiger partial charge is 0.359 e. The van der Waals surface area contributed by atoms with Crippen molar-refractivity contribution in [3.05, 3.63) is 41.1 Å². The Hall–Kier alpha value is -0.950. The van der Waals surface area contributed by atoms with Gasteiger partial charge in [0.2, 0.25) is 0 Å². The molecule has 1 nitrogen and oxygen atoms in total. The molecule has 70 valence electrons. The lowest BCUT2D eigenvalue weighted by Gasteiger charge is -2.08. The minimum Gasteiger partial charge on any atom is -0.359 e. The molecule has 0 saturated heterocycles. The maximum absolute atomic E-state index is 5.86. The smallest absolute Gasteiger partial charge is 0.0426 e. The molecule has 0 aliphatic carbocycles. The maximum atomic E-state index is 5.86. The zero-order valence-electron chi connectivity index (χ0n) is 7.97. The fourth-order valence-corrected chi connectivity index (χ4v) is 1.31. The van der Waals surface area contributed by atoms with E-state index in [0.717, 1.165) is 17.1 Å². The highest BCUT2D eigenvalue weighted by atomic mass is 35.5. The SMILES string of the molecule is CC=C(CC)Nc1cccc(Cl)c1. The van der Waals surface area contributed by atoms with Gasteiger partial charge in [-0.3, -0.25) is 0 Å². The number of hydrogen-bond donors (Lipinski definition) is 1. The first-order valence-corrected chi connectivity index (χ1v) is 4.81. The Morgan fingerprint density at radius 2 is 2.31 bits per heavy atom. The van der Waals surface area contributed by atoms with Gasteiger partial charge in [-0.1, -0.05) is 30.7 Å². The van der Waals surface area contributed by atoms with Gasteiger partial charge >= 0.3 is 0 Å². The predicted molar refractivity (Wildman–Crippen MR) is 59.1 cm³/mol. The summed E-state index contributed by atoms with van der Waals surface area (Å²) in [5.74, 6) is 0. The van der Waals surface area contributed by atoms with Crippen LogP contribution in [0.3, 0.4) is 0 Å². The molecule has 0 aromatic heterocycles. The first kappa shape index (κ1) is 10.1. The summed E-state index contributed by atoms with van der Waals surface area (Å²) in [6, 6.07) is 7.73. The number of hydrogen-bond acceptors (Lipinski definition) is 1. The molecule has 0 saturated carbocycles. The zero-order chi connectivity index (χ0) is 9.68. The Morgan fingerprint density at radius 1 is 1.54 bits per heavy atom.